The molecule has 27 heavy (non-hydrogen) atoms. The zero-order valence-corrected chi connectivity index (χ0v) is 15.7. The maximum absolute atomic E-state index is 12.1. The minimum Gasteiger partial charge on any atom is -0.406 e. The first-order valence-corrected chi connectivity index (χ1v) is 10.9. The van der Waals surface area contributed by atoms with Crippen LogP contribution >= 0.6 is 0 Å². The lowest BCUT2D eigenvalue weighted by molar-refractivity contribution is -0.274. The molecule has 1 fully saturated rings. The number of benzene rings is 1. The van der Waals surface area contributed by atoms with E-state index in [2.05, 4.69) is 4.74 Å². The number of hydrogen-bond donors (Lipinski definition) is 1. The summed E-state index contributed by atoms with van der Waals surface area (Å²) >= 11 is 0. The van der Waals surface area contributed by atoms with Gasteiger partial charge in [0.2, 0.25) is 15.9 Å². The Kier molecular flexibility index (Phi) is 6.06. The van der Waals surface area contributed by atoms with Crippen molar-refractivity contribution < 1.29 is 39.5 Å². The summed E-state index contributed by atoms with van der Waals surface area (Å²) < 4.78 is 89.2. The molecule has 152 valence electrons. The van der Waals surface area contributed by atoms with E-state index in [4.69, 9.17) is 0 Å². The van der Waals surface area contributed by atoms with Gasteiger partial charge in [0.1, 0.15) is 5.75 Å². The van der Waals surface area contributed by atoms with Crippen LogP contribution in [0.1, 0.15) is 6.42 Å². The molecule has 1 atom stereocenters. The quantitative estimate of drug-likeness (QED) is 0.704. The molecule has 1 saturated heterocycles. The number of hydrogen-bond acceptors (Lipinski definition) is 6. The fourth-order valence-corrected chi connectivity index (χ4v) is 5.22. The van der Waals surface area contributed by atoms with Crippen molar-refractivity contribution in [3.05, 3.63) is 24.3 Å². The van der Waals surface area contributed by atoms with Gasteiger partial charge in [0, 0.05) is 13.1 Å². The fourth-order valence-electron chi connectivity index (χ4n) is 2.47. The summed E-state index contributed by atoms with van der Waals surface area (Å²) in [6.45, 7) is -0.615. The van der Waals surface area contributed by atoms with Gasteiger partial charge in [-0.05, 0) is 30.7 Å². The molecule has 0 unspecified atom stereocenters. The molecule has 0 radical (unpaired) electrons. The number of carbonyl (C=O) groups excluding carboxylic acids is 1. The van der Waals surface area contributed by atoms with Crippen molar-refractivity contribution >= 4 is 25.8 Å². The van der Waals surface area contributed by atoms with Crippen LogP contribution in [0.3, 0.4) is 0 Å². The van der Waals surface area contributed by atoms with Gasteiger partial charge in [-0.1, -0.05) is 0 Å². The summed E-state index contributed by atoms with van der Waals surface area (Å²) in [6, 6.07) is 2.95. The summed E-state index contributed by atoms with van der Waals surface area (Å²) in [5.74, 6) is -1.42. The molecular formula is C14H17F3N2O6S2. The third kappa shape index (κ3) is 6.07. The van der Waals surface area contributed by atoms with Crippen LogP contribution in [0.2, 0.25) is 0 Å². The highest BCUT2D eigenvalue weighted by Crippen LogP contribution is 2.24. The van der Waals surface area contributed by atoms with E-state index in [0.29, 0.717) is 0 Å². The van der Waals surface area contributed by atoms with E-state index in [1.165, 1.54) is 11.9 Å². The number of ether oxygens (including phenoxy) is 1. The van der Waals surface area contributed by atoms with Gasteiger partial charge < -0.3 is 9.64 Å². The number of rotatable bonds is 6. The van der Waals surface area contributed by atoms with Crippen LogP contribution in [0.5, 0.6) is 5.75 Å². The van der Waals surface area contributed by atoms with Crippen LogP contribution in [-0.4, -0.2) is 65.1 Å². The van der Waals surface area contributed by atoms with Crippen LogP contribution < -0.4 is 9.46 Å². The highest BCUT2D eigenvalue weighted by atomic mass is 32.2. The summed E-state index contributed by atoms with van der Waals surface area (Å²) in [5.41, 5.74) is 0. The summed E-state index contributed by atoms with van der Waals surface area (Å²) in [7, 11) is -5.97. The predicted octanol–water partition coefficient (Wildman–Crippen LogP) is 0.509. The number of alkyl halides is 3. The fraction of sp³-hybridized carbons (Fsp3) is 0.500. The molecule has 0 saturated carbocycles. The van der Waals surface area contributed by atoms with Gasteiger partial charge >= 0.3 is 6.36 Å². The van der Waals surface area contributed by atoms with Gasteiger partial charge in [0.25, 0.3) is 0 Å². The highest BCUT2D eigenvalue weighted by Gasteiger charge is 2.33. The van der Waals surface area contributed by atoms with Crippen molar-refractivity contribution in [3.63, 3.8) is 0 Å². The lowest BCUT2D eigenvalue weighted by Crippen LogP contribution is -2.43. The minimum absolute atomic E-state index is 0.0344. The zero-order chi connectivity index (χ0) is 20.5. The lowest BCUT2D eigenvalue weighted by Gasteiger charge is -2.23. The molecule has 0 aromatic heterocycles. The molecule has 13 heteroatoms. The third-order valence-electron chi connectivity index (χ3n) is 3.93. The van der Waals surface area contributed by atoms with Crippen LogP contribution in [0.25, 0.3) is 0 Å². The molecular weight excluding hydrogens is 413 g/mol. The molecule has 0 spiro atoms. The van der Waals surface area contributed by atoms with Crippen molar-refractivity contribution in [1.29, 1.82) is 0 Å². The first-order valence-electron chi connectivity index (χ1n) is 7.61. The molecule has 2 rings (SSSR count). The van der Waals surface area contributed by atoms with Gasteiger partial charge in [0.15, 0.2) is 9.84 Å². The SMILES string of the molecule is CN(C(=O)CNS(=O)(=O)c1ccc(OC(F)(F)F)cc1)[C@@H]1CCS(=O)(=O)C1. The Balaban J connectivity index is 1.97. The predicted molar refractivity (Wildman–Crippen MR) is 88.1 cm³/mol. The molecule has 1 aliphatic heterocycles. The Morgan fingerprint density at radius 2 is 1.89 bits per heavy atom. The van der Waals surface area contributed by atoms with E-state index >= 15 is 0 Å². The highest BCUT2D eigenvalue weighted by molar-refractivity contribution is 7.91. The topological polar surface area (TPSA) is 110 Å². The van der Waals surface area contributed by atoms with Crippen molar-refractivity contribution in [2.45, 2.75) is 23.7 Å². The largest absolute Gasteiger partial charge is 0.573 e. The van der Waals surface area contributed by atoms with E-state index in [1.54, 1.807) is 0 Å². The summed E-state index contributed by atoms with van der Waals surface area (Å²) in [4.78, 5) is 12.9. The average Bonchev–Trinajstić information content (AvgIpc) is 2.91. The maximum Gasteiger partial charge on any atom is 0.573 e. The zero-order valence-electron chi connectivity index (χ0n) is 14.1. The number of nitrogens with zero attached hydrogens (tertiary/aromatic N) is 1. The molecule has 0 bridgehead atoms. The second-order valence-electron chi connectivity index (χ2n) is 5.91. The van der Waals surface area contributed by atoms with E-state index < -0.39 is 50.5 Å². The Morgan fingerprint density at radius 3 is 2.37 bits per heavy atom. The average molecular weight is 430 g/mol. The van der Waals surface area contributed by atoms with Crippen LogP contribution in [0.15, 0.2) is 29.2 Å². The monoisotopic (exact) mass is 430 g/mol. The maximum atomic E-state index is 12.1. The van der Waals surface area contributed by atoms with E-state index in [-0.39, 0.29) is 22.8 Å². The van der Waals surface area contributed by atoms with E-state index in [9.17, 15) is 34.8 Å². The molecule has 1 amide bonds. The molecule has 1 heterocycles. The Labute approximate surface area is 154 Å². The van der Waals surface area contributed by atoms with Crippen molar-refractivity contribution in [2.75, 3.05) is 25.1 Å². The number of carbonyl (C=O) groups is 1. The number of halogens is 3. The first kappa shape index (κ1) is 21.4. The van der Waals surface area contributed by atoms with Crippen molar-refractivity contribution in [2.24, 2.45) is 0 Å². The van der Waals surface area contributed by atoms with Crippen molar-refractivity contribution in [3.8, 4) is 5.75 Å². The Hall–Kier alpha value is -1.86. The summed E-state index contributed by atoms with van der Waals surface area (Å²) in [5, 5.41) is 0. The van der Waals surface area contributed by atoms with Crippen LogP contribution in [-0.2, 0) is 24.7 Å². The Morgan fingerprint density at radius 1 is 1.30 bits per heavy atom. The van der Waals surface area contributed by atoms with Gasteiger partial charge in [-0.25, -0.2) is 21.6 Å². The van der Waals surface area contributed by atoms with Gasteiger partial charge in [0.05, 0.1) is 22.9 Å². The smallest absolute Gasteiger partial charge is 0.406 e. The minimum atomic E-state index is -4.90. The number of amides is 1. The van der Waals surface area contributed by atoms with E-state index in [1.807, 2.05) is 4.72 Å². The van der Waals surface area contributed by atoms with E-state index in [0.717, 1.165) is 24.3 Å². The van der Waals surface area contributed by atoms with Gasteiger partial charge in [-0.3, -0.25) is 4.79 Å². The molecule has 1 aromatic rings. The first-order chi connectivity index (χ1) is 12.3. The number of sulfone groups is 1. The van der Waals surface area contributed by atoms with Crippen LogP contribution in [0, 0.1) is 0 Å². The van der Waals surface area contributed by atoms with Crippen molar-refractivity contribution in [1.82, 2.24) is 9.62 Å². The molecule has 0 aliphatic carbocycles. The molecule has 1 N–H and O–H groups in total. The second kappa shape index (κ2) is 7.64. The normalized spacial score (nSPS) is 19.6. The van der Waals surface area contributed by atoms with Gasteiger partial charge in [-0.15, -0.1) is 13.2 Å². The standard InChI is InChI=1S/C14H17F3N2O6S2/c1-19(10-6-7-26(21,22)9-10)13(20)8-18-27(23,24)12-4-2-11(3-5-12)25-14(15,16)17/h2-5,10,18H,6-9H2,1H3/t10-/m1/s1. The number of nitrogens with one attached hydrogen (secondary N) is 1. The lowest BCUT2D eigenvalue weighted by atomic mass is 10.2. The van der Waals surface area contributed by atoms with Gasteiger partial charge in [-0.2, -0.15) is 0 Å². The second-order valence-corrected chi connectivity index (χ2v) is 9.90. The summed E-state index contributed by atoms with van der Waals surface area (Å²) in [6.07, 6.45) is -4.62. The third-order valence-corrected chi connectivity index (χ3v) is 7.10. The molecule has 1 aromatic carbocycles. The molecule has 8 nitrogen and oxygen atoms in total. The van der Waals surface area contributed by atoms with Crippen LogP contribution in [0.4, 0.5) is 13.2 Å². The number of likely N-dealkylation sites (N-methyl/N-ethyl adjacent to an activating group) is 1. The number of sulfonamides is 1. The Bertz CT molecular complexity index is 898. The molecule has 1 aliphatic rings.